The Balaban J connectivity index is 1.74. The van der Waals surface area contributed by atoms with E-state index in [0.717, 1.165) is 16.8 Å². The molecule has 10 nitrogen and oxygen atoms in total. The van der Waals surface area contributed by atoms with Crippen molar-refractivity contribution in [3.05, 3.63) is 67.0 Å². The molecule has 1 amide bonds. The molecule has 2 aromatic carbocycles. The molecule has 0 aliphatic rings. The van der Waals surface area contributed by atoms with Crippen molar-refractivity contribution in [1.29, 1.82) is 5.26 Å². The molecule has 2 heterocycles. The van der Waals surface area contributed by atoms with E-state index in [0.29, 0.717) is 40.3 Å². The molecular formula is C29H30F2N8O2. The van der Waals surface area contributed by atoms with Crippen LogP contribution >= 0.6 is 0 Å². The van der Waals surface area contributed by atoms with E-state index in [2.05, 4.69) is 32.1 Å². The van der Waals surface area contributed by atoms with Crippen molar-refractivity contribution >= 4 is 39.8 Å². The van der Waals surface area contributed by atoms with Crippen LogP contribution in [0.4, 0.5) is 31.8 Å². The zero-order chi connectivity index (χ0) is 29.7. The number of anilines is 4. The Hall–Kier alpha value is -5.02. The van der Waals surface area contributed by atoms with E-state index in [4.69, 9.17) is 4.74 Å². The molecule has 12 heteroatoms. The van der Waals surface area contributed by atoms with Gasteiger partial charge < -0.3 is 25.2 Å². The number of fused-ring (bicyclic) bond motifs is 1. The SMILES string of the molecule is C=CC(=O)Nc1cc(Nc2nccc(-c3cn(C(F)F)c4cc(C#N)ccc34)n2)c(OC)cc1N(C)CCN(C)C. The number of rotatable bonds is 11. The van der Waals surface area contributed by atoms with Gasteiger partial charge >= 0.3 is 6.55 Å². The quantitative estimate of drug-likeness (QED) is 0.240. The average Bonchev–Trinajstić information content (AvgIpc) is 3.35. The summed E-state index contributed by atoms with van der Waals surface area (Å²) >= 11 is 0. The van der Waals surface area contributed by atoms with E-state index in [9.17, 15) is 18.8 Å². The third-order valence-corrected chi connectivity index (χ3v) is 6.41. The fourth-order valence-electron chi connectivity index (χ4n) is 4.28. The molecule has 0 aliphatic carbocycles. The number of ether oxygens (including phenoxy) is 1. The molecule has 212 valence electrons. The normalized spacial score (nSPS) is 11.0. The summed E-state index contributed by atoms with van der Waals surface area (Å²) in [6, 6.07) is 11.7. The van der Waals surface area contributed by atoms with E-state index in [-0.39, 0.29) is 22.9 Å². The molecule has 0 fully saturated rings. The van der Waals surface area contributed by atoms with Crippen LogP contribution in [-0.4, -0.2) is 66.7 Å². The Morgan fingerprint density at radius 2 is 1.98 bits per heavy atom. The number of carbonyl (C=O) groups excluding carboxylic acids is 1. The first kappa shape index (κ1) is 29.0. The van der Waals surface area contributed by atoms with E-state index >= 15 is 0 Å². The zero-order valence-corrected chi connectivity index (χ0v) is 23.2. The second kappa shape index (κ2) is 12.4. The summed E-state index contributed by atoms with van der Waals surface area (Å²) in [5.41, 5.74) is 3.08. The molecule has 2 aromatic heterocycles. The van der Waals surface area contributed by atoms with Crippen LogP contribution in [0.15, 0.2) is 61.4 Å². The summed E-state index contributed by atoms with van der Waals surface area (Å²) in [4.78, 5) is 25.2. The first-order chi connectivity index (χ1) is 19.6. The number of halogens is 2. The van der Waals surface area contributed by atoms with Gasteiger partial charge in [-0.3, -0.25) is 9.36 Å². The minimum atomic E-state index is -2.80. The molecule has 0 radical (unpaired) electrons. The molecule has 4 aromatic rings. The minimum absolute atomic E-state index is 0.183. The highest BCUT2D eigenvalue weighted by molar-refractivity contribution is 6.02. The van der Waals surface area contributed by atoms with E-state index in [1.807, 2.05) is 32.1 Å². The Labute approximate surface area is 236 Å². The van der Waals surface area contributed by atoms with Crippen molar-refractivity contribution in [2.24, 2.45) is 0 Å². The van der Waals surface area contributed by atoms with Gasteiger partial charge in [-0.2, -0.15) is 14.0 Å². The Morgan fingerprint density at radius 3 is 2.63 bits per heavy atom. The topological polar surface area (TPSA) is 111 Å². The molecule has 2 N–H and O–H groups in total. The number of hydrogen-bond donors (Lipinski definition) is 2. The fraction of sp³-hybridized carbons (Fsp3) is 0.241. The maximum Gasteiger partial charge on any atom is 0.319 e. The van der Waals surface area contributed by atoms with Gasteiger partial charge in [-0.15, -0.1) is 0 Å². The fourth-order valence-corrected chi connectivity index (χ4v) is 4.28. The summed E-state index contributed by atoms with van der Waals surface area (Å²) in [6.45, 7) is 2.21. The van der Waals surface area contributed by atoms with Crippen LogP contribution in [0.25, 0.3) is 22.2 Å². The lowest BCUT2D eigenvalue weighted by molar-refractivity contribution is -0.111. The molecule has 0 bridgehead atoms. The molecule has 0 spiro atoms. The van der Waals surface area contributed by atoms with Gasteiger partial charge in [-0.1, -0.05) is 12.6 Å². The van der Waals surface area contributed by atoms with Crippen LogP contribution in [0.2, 0.25) is 0 Å². The molecule has 4 rings (SSSR count). The number of hydrogen-bond acceptors (Lipinski definition) is 8. The summed E-state index contributed by atoms with van der Waals surface area (Å²) < 4.78 is 34.1. The smallest absolute Gasteiger partial charge is 0.319 e. The van der Waals surface area contributed by atoms with Crippen LogP contribution in [0.3, 0.4) is 0 Å². The minimum Gasteiger partial charge on any atom is -0.494 e. The monoisotopic (exact) mass is 560 g/mol. The van der Waals surface area contributed by atoms with Crippen LogP contribution in [-0.2, 0) is 4.79 Å². The Bertz CT molecular complexity index is 1630. The predicted molar refractivity (Wildman–Crippen MR) is 156 cm³/mol. The number of carbonyl (C=O) groups is 1. The van der Waals surface area contributed by atoms with Gasteiger partial charge in [-0.05, 0) is 44.4 Å². The number of methoxy groups -OCH3 is 1. The Kier molecular flexibility index (Phi) is 8.79. The second-order valence-electron chi connectivity index (χ2n) is 9.45. The van der Waals surface area contributed by atoms with Crippen LogP contribution in [0.1, 0.15) is 12.1 Å². The van der Waals surface area contributed by atoms with Crippen LogP contribution < -0.4 is 20.3 Å². The van der Waals surface area contributed by atoms with Gasteiger partial charge in [0.05, 0.1) is 47.0 Å². The zero-order valence-electron chi connectivity index (χ0n) is 23.2. The third-order valence-electron chi connectivity index (χ3n) is 6.41. The first-order valence-corrected chi connectivity index (χ1v) is 12.6. The first-order valence-electron chi connectivity index (χ1n) is 12.6. The number of amides is 1. The van der Waals surface area contributed by atoms with Crippen molar-refractivity contribution < 1.29 is 18.3 Å². The highest BCUT2D eigenvalue weighted by Gasteiger charge is 2.19. The molecule has 0 saturated heterocycles. The van der Waals surface area contributed by atoms with Gasteiger partial charge in [0.25, 0.3) is 0 Å². The lowest BCUT2D eigenvalue weighted by Crippen LogP contribution is -2.29. The van der Waals surface area contributed by atoms with Gasteiger partial charge in [0.15, 0.2) is 0 Å². The molecule has 41 heavy (non-hydrogen) atoms. The predicted octanol–water partition coefficient (Wildman–Crippen LogP) is 5.24. The van der Waals surface area contributed by atoms with Crippen molar-refractivity contribution in [2.45, 2.75) is 6.55 Å². The number of alkyl halides is 2. The molecule has 0 unspecified atom stereocenters. The number of nitrogens with one attached hydrogen (secondary N) is 2. The standard InChI is InChI=1S/C29H30F2N8O2/c1-6-27(40)34-22-14-23(26(41-5)15-25(22)38(4)12-11-37(2)3)36-29-33-10-9-21(35-29)20-17-39(28(30)31)24-13-18(16-32)7-8-19(20)24/h6-10,13-15,17,28H,1,11-12H2,2-5H3,(H,34,40)(H,33,35,36). The molecular weight excluding hydrogens is 530 g/mol. The molecule has 0 saturated carbocycles. The summed E-state index contributed by atoms with van der Waals surface area (Å²) in [5.74, 6) is 0.277. The number of nitriles is 1. The van der Waals surface area contributed by atoms with E-state index < -0.39 is 6.55 Å². The summed E-state index contributed by atoms with van der Waals surface area (Å²) in [7, 11) is 7.39. The van der Waals surface area contributed by atoms with Crippen molar-refractivity contribution in [2.75, 3.05) is 56.9 Å². The number of benzene rings is 2. The highest BCUT2D eigenvalue weighted by Crippen LogP contribution is 2.38. The lowest BCUT2D eigenvalue weighted by Gasteiger charge is -2.26. The maximum absolute atomic E-state index is 13.8. The third kappa shape index (κ3) is 6.42. The second-order valence-corrected chi connectivity index (χ2v) is 9.45. The lowest BCUT2D eigenvalue weighted by atomic mass is 10.1. The van der Waals surface area contributed by atoms with Crippen molar-refractivity contribution in [1.82, 2.24) is 19.4 Å². The maximum atomic E-state index is 13.8. The van der Waals surface area contributed by atoms with Crippen molar-refractivity contribution in [3.63, 3.8) is 0 Å². The highest BCUT2D eigenvalue weighted by atomic mass is 19.3. The van der Waals surface area contributed by atoms with E-state index in [1.54, 1.807) is 30.3 Å². The van der Waals surface area contributed by atoms with Crippen molar-refractivity contribution in [3.8, 4) is 23.1 Å². The van der Waals surface area contributed by atoms with Gasteiger partial charge in [-0.25, -0.2) is 9.97 Å². The van der Waals surface area contributed by atoms with E-state index in [1.165, 1.54) is 31.6 Å². The van der Waals surface area contributed by atoms with Gasteiger partial charge in [0.2, 0.25) is 11.9 Å². The van der Waals surface area contributed by atoms with Gasteiger partial charge in [0, 0.05) is 49.5 Å². The van der Waals surface area contributed by atoms with Gasteiger partial charge in [0.1, 0.15) is 5.75 Å². The number of likely N-dealkylation sites (N-methyl/N-ethyl adjacent to an activating group) is 2. The number of nitrogens with zero attached hydrogens (tertiary/aromatic N) is 6. The number of aromatic nitrogens is 3. The summed E-state index contributed by atoms with van der Waals surface area (Å²) in [5, 5.41) is 15.7. The summed E-state index contributed by atoms with van der Waals surface area (Å²) in [6.07, 6.45) is 4.00. The molecule has 0 atom stereocenters. The largest absolute Gasteiger partial charge is 0.494 e. The van der Waals surface area contributed by atoms with Crippen LogP contribution in [0.5, 0.6) is 5.75 Å². The molecule has 0 aliphatic heterocycles. The average molecular weight is 561 g/mol. The van der Waals surface area contributed by atoms with Crippen LogP contribution in [0, 0.1) is 11.3 Å². The Morgan fingerprint density at radius 1 is 1.20 bits per heavy atom.